The lowest BCUT2D eigenvalue weighted by atomic mass is 10.3. The summed E-state index contributed by atoms with van der Waals surface area (Å²) in [5.74, 6) is 0. The minimum absolute atomic E-state index is 0.361. The summed E-state index contributed by atoms with van der Waals surface area (Å²) in [5, 5.41) is 0. The summed E-state index contributed by atoms with van der Waals surface area (Å²) in [6.07, 6.45) is 6.00. The van der Waals surface area contributed by atoms with E-state index in [2.05, 4.69) is 25.2 Å². The van der Waals surface area contributed by atoms with Gasteiger partial charge in [-0.3, -0.25) is 0 Å². The van der Waals surface area contributed by atoms with Gasteiger partial charge in [-0.2, -0.15) is 0 Å². The van der Waals surface area contributed by atoms with Crippen molar-refractivity contribution in [3.63, 3.8) is 0 Å². The van der Waals surface area contributed by atoms with Gasteiger partial charge in [0.2, 0.25) is 0 Å². The molecule has 1 heterocycles. The monoisotopic (exact) mass is 156 g/mol. The summed E-state index contributed by atoms with van der Waals surface area (Å²) < 4.78 is 11.4. The van der Waals surface area contributed by atoms with E-state index in [4.69, 9.17) is 8.85 Å². The van der Waals surface area contributed by atoms with Crippen molar-refractivity contribution in [2.45, 2.75) is 31.7 Å². The van der Waals surface area contributed by atoms with Crippen molar-refractivity contribution in [1.82, 2.24) is 0 Å². The molecule has 0 aromatic carbocycles. The Hall–Kier alpha value is -0.123. The Balaban J connectivity index is 2.15. The molecule has 2 rings (SSSR count). The fourth-order valence-electron chi connectivity index (χ4n) is 1.57. The summed E-state index contributed by atoms with van der Waals surface area (Å²) in [4.78, 5) is 0. The van der Waals surface area contributed by atoms with Crippen LogP contribution in [0.15, 0.2) is 12.2 Å². The largest absolute Gasteiger partial charge is 0.388 e. The third-order valence-electron chi connectivity index (χ3n) is 1.88. The van der Waals surface area contributed by atoms with Gasteiger partial charge < -0.3 is 8.85 Å². The van der Waals surface area contributed by atoms with Crippen LogP contribution in [0.25, 0.3) is 0 Å². The fourth-order valence-corrected chi connectivity index (χ4v) is 3.43. The normalized spacial score (nSPS) is 42.2. The highest BCUT2D eigenvalue weighted by Gasteiger charge is 2.39. The van der Waals surface area contributed by atoms with E-state index in [9.17, 15) is 0 Å². The van der Waals surface area contributed by atoms with Crippen LogP contribution < -0.4 is 0 Å². The maximum Gasteiger partial charge on any atom is 0.332 e. The van der Waals surface area contributed by atoms with Gasteiger partial charge in [0.05, 0.1) is 12.2 Å². The molecule has 0 aromatic heterocycles. The highest BCUT2D eigenvalue weighted by Crippen LogP contribution is 2.29. The highest BCUT2D eigenvalue weighted by molar-refractivity contribution is 6.64. The van der Waals surface area contributed by atoms with Gasteiger partial charge in [-0.05, 0) is 13.1 Å². The van der Waals surface area contributed by atoms with Crippen LogP contribution in [-0.4, -0.2) is 20.8 Å². The van der Waals surface area contributed by atoms with Crippen LogP contribution in [0.2, 0.25) is 13.1 Å². The molecule has 0 N–H and O–H groups in total. The van der Waals surface area contributed by atoms with Crippen LogP contribution >= 0.6 is 0 Å². The van der Waals surface area contributed by atoms with E-state index in [1.807, 2.05) is 0 Å². The molecule has 1 saturated heterocycles. The molecular formula is C7H12O2Si. The second-order valence-electron chi connectivity index (χ2n) is 3.33. The van der Waals surface area contributed by atoms with Crippen molar-refractivity contribution in [2.75, 3.05) is 0 Å². The fraction of sp³-hybridized carbons (Fsp3) is 0.714. The van der Waals surface area contributed by atoms with Crippen molar-refractivity contribution in [3.8, 4) is 0 Å². The number of fused-ring (bicyclic) bond motifs is 2. The van der Waals surface area contributed by atoms with Crippen molar-refractivity contribution in [2.24, 2.45) is 0 Å². The molecule has 0 spiro atoms. The third-order valence-corrected chi connectivity index (χ3v) is 3.62. The van der Waals surface area contributed by atoms with E-state index < -0.39 is 8.56 Å². The SMILES string of the molecule is C[Si]1(C)OC2C=CC(C2)O1. The van der Waals surface area contributed by atoms with Crippen LogP contribution in [-0.2, 0) is 8.85 Å². The molecule has 2 nitrogen and oxygen atoms in total. The summed E-state index contributed by atoms with van der Waals surface area (Å²) in [7, 11) is -1.72. The molecule has 10 heavy (non-hydrogen) atoms. The number of hydrogen-bond acceptors (Lipinski definition) is 2. The van der Waals surface area contributed by atoms with Gasteiger partial charge >= 0.3 is 8.56 Å². The Kier molecular flexibility index (Phi) is 1.27. The predicted octanol–water partition coefficient (Wildman–Crippen LogP) is 1.43. The summed E-state index contributed by atoms with van der Waals surface area (Å²) in [6, 6.07) is 0. The first-order valence-electron chi connectivity index (χ1n) is 3.70. The van der Waals surface area contributed by atoms with Crippen molar-refractivity contribution in [1.29, 1.82) is 0 Å². The lowest BCUT2D eigenvalue weighted by Gasteiger charge is -2.33. The minimum atomic E-state index is -1.72. The van der Waals surface area contributed by atoms with Crippen molar-refractivity contribution < 1.29 is 8.85 Å². The van der Waals surface area contributed by atoms with Crippen molar-refractivity contribution in [3.05, 3.63) is 12.2 Å². The molecule has 2 unspecified atom stereocenters. The smallest absolute Gasteiger partial charge is 0.332 e. The van der Waals surface area contributed by atoms with E-state index in [1.54, 1.807) is 0 Å². The Morgan fingerprint density at radius 2 is 1.70 bits per heavy atom. The second kappa shape index (κ2) is 1.93. The van der Waals surface area contributed by atoms with E-state index in [1.165, 1.54) is 0 Å². The molecule has 0 radical (unpaired) electrons. The van der Waals surface area contributed by atoms with Crippen LogP contribution in [0, 0.1) is 0 Å². The van der Waals surface area contributed by atoms with Crippen LogP contribution in [0.3, 0.4) is 0 Å². The molecular weight excluding hydrogens is 144 g/mol. The molecule has 56 valence electrons. The van der Waals surface area contributed by atoms with Gasteiger partial charge in [-0.1, -0.05) is 12.2 Å². The zero-order valence-corrected chi connectivity index (χ0v) is 7.33. The Morgan fingerprint density at radius 3 is 2.20 bits per heavy atom. The molecule has 2 bridgehead atoms. The van der Waals surface area contributed by atoms with E-state index in [-0.39, 0.29) is 0 Å². The second-order valence-corrected chi connectivity index (χ2v) is 6.60. The van der Waals surface area contributed by atoms with Gasteiger partial charge in [0.1, 0.15) is 0 Å². The topological polar surface area (TPSA) is 18.5 Å². The molecule has 2 aliphatic rings. The highest BCUT2D eigenvalue weighted by atomic mass is 28.4. The molecule has 1 aliphatic carbocycles. The number of hydrogen-bond donors (Lipinski definition) is 0. The number of rotatable bonds is 0. The molecule has 0 aromatic rings. The predicted molar refractivity (Wildman–Crippen MR) is 41.0 cm³/mol. The summed E-state index contributed by atoms with van der Waals surface area (Å²) >= 11 is 0. The van der Waals surface area contributed by atoms with E-state index >= 15 is 0 Å². The first-order valence-corrected chi connectivity index (χ1v) is 6.51. The summed E-state index contributed by atoms with van der Waals surface area (Å²) in [6.45, 7) is 4.19. The average Bonchev–Trinajstić information content (AvgIpc) is 2.08. The van der Waals surface area contributed by atoms with Crippen LogP contribution in [0.4, 0.5) is 0 Å². The molecule has 1 aliphatic heterocycles. The van der Waals surface area contributed by atoms with Crippen molar-refractivity contribution >= 4 is 8.56 Å². The minimum Gasteiger partial charge on any atom is -0.388 e. The van der Waals surface area contributed by atoms with Gasteiger partial charge in [0, 0.05) is 6.42 Å². The maximum absolute atomic E-state index is 5.69. The zero-order valence-electron chi connectivity index (χ0n) is 6.33. The standard InChI is InChI=1S/C7H12O2Si/c1-10(2)8-6-3-4-7(5-6)9-10/h3-4,6-7H,5H2,1-2H3. The lowest BCUT2D eigenvalue weighted by molar-refractivity contribution is 0.0610. The first kappa shape index (κ1) is 6.58. The Labute approximate surface area is 62.1 Å². The van der Waals surface area contributed by atoms with Crippen LogP contribution in [0.1, 0.15) is 6.42 Å². The van der Waals surface area contributed by atoms with Gasteiger partial charge in [0.25, 0.3) is 0 Å². The zero-order chi connectivity index (χ0) is 7.19. The average molecular weight is 156 g/mol. The Morgan fingerprint density at radius 1 is 1.20 bits per heavy atom. The van der Waals surface area contributed by atoms with E-state index in [0.29, 0.717) is 12.2 Å². The van der Waals surface area contributed by atoms with Gasteiger partial charge in [-0.25, -0.2) is 0 Å². The van der Waals surface area contributed by atoms with Gasteiger partial charge in [0.15, 0.2) is 0 Å². The van der Waals surface area contributed by atoms with E-state index in [0.717, 1.165) is 6.42 Å². The molecule has 3 heteroatoms. The molecule has 2 atom stereocenters. The van der Waals surface area contributed by atoms with Crippen LogP contribution in [0.5, 0.6) is 0 Å². The summed E-state index contributed by atoms with van der Waals surface area (Å²) in [5.41, 5.74) is 0. The quantitative estimate of drug-likeness (QED) is 0.390. The lowest BCUT2D eigenvalue weighted by Crippen LogP contribution is -2.45. The third kappa shape index (κ3) is 1.05. The molecule has 1 fully saturated rings. The molecule has 0 amide bonds. The maximum atomic E-state index is 5.69. The Bertz CT molecular complexity index is 160. The molecule has 0 saturated carbocycles. The first-order chi connectivity index (χ1) is 4.66. The van der Waals surface area contributed by atoms with Gasteiger partial charge in [-0.15, -0.1) is 0 Å².